The normalized spacial score (nSPS) is 11.3. The van der Waals surface area contributed by atoms with E-state index in [9.17, 15) is 9.59 Å². The first-order valence-corrected chi connectivity index (χ1v) is 12.6. The number of amides is 1. The average molecular weight is 501 g/mol. The summed E-state index contributed by atoms with van der Waals surface area (Å²) in [6.07, 6.45) is 2.95. The Balaban J connectivity index is 1.52. The molecule has 35 heavy (non-hydrogen) atoms. The number of fused-ring (bicyclic) bond motifs is 1. The van der Waals surface area contributed by atoms with Crippen molar-refractivity contribution in [3.8, 4) is 16.8 Å². The minimum Gasteiger partial charge on any atom is -0.463 e. The predicted molar refractivity (Wildman–Crippen MR) is 141 cm³/mol. The van der Waals surface area contributed by atoms with Crippen LogP contribution >= 0.6 is 23.1 Å². The number of para-hydroxylation sites is 1. The van der Waals surface area contributed by atoms with E-state index in [1.54, 1.807) is 16.7 Å². The standard InChI is InChI=1S/C26H20N4O3S2/c1-17-22(18-9-4-2-5-10-18)23-24(35-17)28-26(30(25(23)32)19-11-6-3-7-12-19)34-16-21(31)29-27-15-20-13-8-14-33-20/h2-15H,16H2,1H3,(H,29,31)/b27-15+. The van der Waals surface area contributed by atoms with E-state index in [-0.39, 0.29) is 17.2 Å². The highest BCUT2D eigenvalue weighted by Gasteiger charge is 2.21. The molecule has 0 aliphatic heterocycles. The first-order chi connectivity index (χ1) is 17.1. The molecule has 0 unspecified atom stereocenters. The van der Waals surface area contributed by atoms with Gasteiger partial charge in [-0.15, -0.1) is 11.3 Å². The van der Waals surface area contributed by atoms with E-state index in [4.69, 9.17) is 9.40 Å². The number of hydrogen-bond donors (Lipinski definition) is 1. The molecule has 2 aromatic carbocycles. The van der Waals surface area contributed by atoms with Crippen molar-refractivity contribution in [2.75, 3.05) is 5.75 Å². The number of hydrazone groups is 1. The Morgan fingerprint density at radius 1 is 1.11 bits per heavy atom. The minimum absolute atomic E-state index is 0.0379. The van der Waals surface area contributed by atoms with Crippen LogP contribution in [-0.2, 0) is 4.79 Å². The highest BCUT2D eigenvalue weighted by atomic mass is 32.2. The van der Waals surface area contributed by atoms with Gasteiger partial charge in [-0.1, -0.05) is 60.3 Å². The van der Waals surface area contributed by atoms with Crippen LogP contribution in [0.4, 0.5) is 0 Å². The summed E-state index contributed by atoms with van der Waals surface area (Å²) in [4.78, 5) is 32.8. The molecule has 5 aromatic rings. The third-order valence-electron chi connectivity index (χ3n) is 5.20. The van der Waals surface area contributed by atoms with Crippen molar-refractivity contribution in [3.05, 3.63) is 100 Å². The molecule has 1 N–H and O–H groups in total. The molecule has 0 bridgehead atoms. The summed E-state index contributed by atoms with van der Waals surface area (Å²) in [5, 5.41) is 4.93. The SMILES string of the molecule is Cc1sc2nc(SCC(=O)N/N=C/c3ccco3)n(-c3ccccc3)c(=O)c2c1-c1ccccc1. The smallest absolute Gasteiger partial charge is 0.268 e. The average Bonchev–Trinajstić information content (AvgIpc) is 3.51. The van der Waals surface area contributed by atoms with Crippen molar-refractivity contribution in [2.24, 2.45) is 5.10 Å². The number of benzene rings is 2. The first-order valence-electron chi connectivity index (χ1n) is 10.8. The first kappa shape index (κ1) is 22.8. The van der Waals surface area contributed by atoms with Crippen molar-refractivity contribution < 1.29 is 9.21 Å². The number of nitrogens with zero attached hydrogens (tertiary/aromatic N) is 3. The van der Waals surface area contributed by atoms with Crippen LogP contribution < -0.4 is 11.0 Å². The monoisotopic (exact) mass is 500 g/mol. The van der Waals surface area contributed by atoms with Gasteiger partial charge >= 0.3 is 0 Å². The Labute approximate surface area is 209 Å². The Morgan fingerprint density at radius 3 is 2.57 bits per heavy atom. The lowest BCUT2D eigenvalue weighted by molar-refractivity contribution is -0.118. The van der Waals surface area contributed by atoms with Crippen LogP contribution in [0.5, 0.6) is 0 Å². The van der Waals surface area contributed by atoms with E-state index in [0.29, 0.717) is 26.8 Å². The number of nitrogens with one attached hydrogen (secondary N) is 1. The number of carbonyl (C=O) groups is 1. The van der Waals surface area contributed by atoms with Gasteiger partial charge in [-0.2, -0.15) is 5.10 Å². The van der Waals surface area contributed by atoms with E-state index < -0.39 is 0 Å². The van der Waals surface area contributed by atoms with Crippen LogP contribution in [0, 0.1) is 6.92 Å². The van der Waals surface area contributed by atoms with E-state index in [1.807, 2.05) is 67.6 Å². The number of thiophene rings is 1. The number of carbonyl (C=O) groups excluding carboxylic acids is 1. The number of thioether (sulfide) groups is 1. The minimum atomic E-state index is -0.320. The van der Waals surface area contributed by atoms with Crippen molar-refractivity contribution in [1.82, 2.24) is 15.0 Å². The van der Waals surface area contributed by atoms with Gasteiger partial charge in [0.25, 0.3) is 11.5 Å². The third-order valence-corrected chi connectivity index (χ3v) is 7.14. The zero-order valence-electron chi connectivity index (χ0n) is 18.7. The van der Waals surface area contributed by atoms with Crippen LogP contribution in [0.1, 0.15) is 10.6 Å². The van der Waals surface area contributed by atoms with E-state index in [2.05, 4.69) is 10.5 Å². The van der Waals surface area contributed by atoms with Gasteiger partial charge in [0.15, 0.2) is 5.16 Å². The molecular formula is C26H20N4O3S2. The fraction of sp³-hybridized carbons (Fsp3) is 0.0769. The van der Waals surface area contributed by atoms with Crippen molar-refractivity contribution in [2.45, 2.75) is 12.1 Å². The number of aryl methyl sites for hydroxylation is 1. The van der Waals surface area contributed by atoms with Gasteiger partial charge in [0.05, 0.1) is 29.3 Å². The van der Waals surface area contributed by atoms with Crippen molar-refractivity contribution >= 4 is 45.4 Å². The van der Waals surface area contributed by atoms with Gasteiger partial charge in [0.2, 0.25) is 0 Å². The van der Waals surface area contributed by atoms with Crippen LogP contribution in [0.25, 0.3) is 27.0 Å². The van der Waals surface area contributed by atoms with Crippen LogP contribution in [0.15, 0.2) is 98.5 Å². The molecule has 0 spiro atoms. The molecule has 0 atom stereocenters. The van der Waals surface area contributed by atoms with Crippen LogP contribution in [-0.4, -0.2) is 27.4 Å². The Bertz CT molecular complexity index is 1560. The Hall–Kier alpha value is -3.95. The number of rotatable bonds is 7. The molecule has 0 saturated heterocycles. The molecule has 0 saturated carbocycles. The van der Waals surface area contributed by atoms with E-state index in [1.165, 1.54) is 35.6 Å². The molecule has 0 radical (unpaired) electrons. The van der Waals surface area contributed by atoms with E-state index in [0.717, 1.165) is 16.0 Å². The van der Waals surface area contributed by atoms with Crippen molar-refractivity contribution in [1.29, 1.82) is 0 Å². The predicted octanol–water partition coefficient (Wildman–Crippen LogP) is 5.26. The third kappa shape index (κ3) is 4.82. The lowest BCUT2D eigenvalue weighted by Crippen LogP contribution is -2.24. The van der Waals surface area contributed by atoms with E-state index >= 15 is 0 Å². The van der Waals surface area contributed by atoms with Gasteiger partial charge in [0.1, 0.15) is 10.6 Å². The molecular weight excluding hydrogens is 480 g/mol. The maximum Gasteiger partial charge on any atom is 0.268 e. The molecule has 0 fully saturated rings. The molecule has 3 heterocycles. The largest absolute Gasteiger partial charge is 0.463 e. The quantitative estimate of drug-likeness (QED) is 0.143. The Kier molecular flexibility index (Phi) is 6.60. The highest BCUT2D eigenvalue weighted by Crippen LogP contribution is 2.36. The maximum absolute atomic E-state index is 13.9. The number of hydrogen-bond acceptors (Lipinski definition) is 7. The second kappa shape index (κ2) is 10.1. The molecule has 174 valence electrons. The summed E-state index contributed by atoms with van der Waals surface area (Å²) in [6, 6.07) is 22.7. The van der Waals surface area contributed by atoms with Crippen molar-refractivity contribution in [3.63, 3.8) is 0 Å². The van der Waals surface area contributed by atoms with Gasteiger partial charge < -0.3 is 4.42 Å². The zero-order chi connectivity index (χ0) is 24.2. The lowest BCUT2D eigenvalue weighted by Gasteiger charge is -2.12. The van der Waals surface area contributed by atoms with Gasteiger partial charge in [-0.3, -0.25) is 14.2 Å². The lowest BCUT2D eigenvalue weighted by atomic mass is 10.0. The molecule has 0 aliphatic carbocycles. The van der Waals surface area contributed by atoms with Gasteiger partial charge in [0, 0.05) is 10.4 Å². The fourth-order valence-electron chi connectivity index (χ4n) is 3.69. The summed E-state index contributed by atoms with van der Waals surface area (Å²) in [6.45, 7) is 2.00. The summed E-state index contributed by atoms with van der Waals surface area (Å²) in [5.74, 6) is 0.250. The molecule has 7 nitrogen and oxygen atoms in total. The summed E-state index contributed by atoms with van der Waals surface area (Å²) < 4.78 is 6.73. The molecule has 0 aliphatic rings. The molecule has 1 amide bonds. The highest BCUT2D eigenvalue weighted by molar-refractivity contribution is 7.99. The van der Waals surface area contributed by atoms with Gasteiger partial charge in [-0.05, 0) is 36.8 Å². The molecule has 9 heteroatoms. The second-order valence-corrected chi connectivity index (χ2v) is 9.69. The summed E-state index contributed by atoms with van der Waals surface area (Å²) >= 11 is 2.67. The fourth-order valence-corrected chi connectivity index (χ4v) is 5.58. The Morgan fingerprint density at radius 2 is 1.86 bits per heavy atom. The topological polar surface area (TPSA) is 89.5 Å². The van der Waals surface area contributed by atoms with Crippen LogP contribution in [0.3, 0.4) is 0 Å². The molecule has 5 rings (SSSR count). The molecule has 3 aromatic heterocycles. The second-order valence-electron chi connectivity index (χ2n) is 7.55. The number of aromatic nitrogens is 2. The summed E-state index contributed by atoms with van der Waals surface area (Å²) in [7, 11) is 0. The summed E-state index contributed by atoms with van der Waals surface area (Å²) in [5.41, 5.74) is 4.87. The zero-order valence-corrected chi connectivity index (χ0v) is 20.3. The van der Waals surface area contributed by atoms with Crippen LogP contribution in [0.2, 0.25) is 0 Å². The van der Waals surface area contributed by atoms with Gasteiger partial charge in [-0.25, -0.2) is 10.4 Å². The maximum atomic E-state index is 13.9. The number of furan rings is 1.